The third kappa shape index (κ3) is 5.50. The van der Waals surface area contributed by atoms with Crippen LogP contribution in [0.4, 0.5) is 19.0 Å². The number of nitrogens with one attached hydrogen (secondary N) is 1. The van der Waals surface area contributed by atoms with E-state index in [9.17, 15) is 13.2 Å². The number of aliphatic carboxylic acids is 1. The standard InChI is InChI=1S/C6H8N2.C2HF3O2/c1-5-3-2-4-8-6(5)7;3-2(4,5)1(6)7/h2-4H,1H3,(H2,7,8);(H,6,7). The normalized spacial score (nSPS) is 10.1. The van der Waals surface area contributed by atoms with Gasteiger partial charge in [-0.2, -0.15) is 13.2 Å². The summed E-state index contributed by atoms with van der Waals surface area (Å²) < 4.78 is 31.5. The topological polar surface area (TPSA) is 80.3 Å². The number of anilines is 1. The fourth-order valence-electron chi connectivity index (χ4n) is 0.534. The third-order valence-corrected chi connectivity index (χ3v) is 1.34. The molecule has 84 valence electrons. The number of alkyl halides is 3. The Morgan fingerprint density at radius 1 is 1.53 bits per heavy atom. The predicted octanol–water partition coefficient (Wildman–Crippen LogP) is -0.310. The molecule has 0 saturated carbocycles. The fraction of sp³-hybridized carbons (Fsp3) is 0.250. The van der Waals surface area contributed by atoms with Crippen molar-refractivity contribution in [2.45, 2.75) is 13.1 Å². The Balaban J connectivity index is 0.000000265. The van der Waals surface area contributed by atoms with Crippen molar-refractivity contribution in [1.29, 1.82) is 0 Å². The van der Waals surface area contributed by atoms with Crippen LogP contribution < -0.4 is 15.8 Å². The molecule has 1 aromatic heterocycles. The molecule has 1 aromatic rings. The van der Waals surface area contributed by atoms with E-state index < -0.39 is 12.1 Å². The van der Waals surface area contributed by atoms with Gasteiger partial charge in [-0.05, 0) is 19.1 Å². The number of aryl methyl sites for hydroxylation is 1. The maximum absolute atomic E-state index is 10.5. The molecular formula is C8H9F3N2O2. The number of carboxylic acid groups (broad SMARTS) is 1. The molecule has 4 nitrogen and oxygen atoms in total. The number of halogens is 3. The average Bonchev–Trinajstić information content (AvgIpc) is 2.09. The second-order valence-corrected chi connectivity index (χ2v) is 2.55. The molecule has 0 atom stereocenters. The predicted molar refractivity (Wildman–Crippen MR) is 43.2 cm³/mol. The molecule has 1 heterocycles. The number of hydrogen-bond acceptors (Lipinski definition) is 3. The second-order valence-electron chi connectivity index (χ2n) is 2.55. The number of carboxylic acids is 1. The summed E-state index contributed by atoms with van der Waals surface area (Å²) in [6.45, 7) is 1.96. The molecule has 0 aliphatic heterocycles. The zero-order valence-corrected chi connectivity index (χ0v) is 7.76. The van der Waals surface area contributed by atoms with Crippen LogP contribution in [-0.2, 0) is 4.79 Å². The van der Waals surface area contributed by atoms with Crippen molar-refractivity contribution in [3.8, 4) is 0 Å². The highest BCUT2D eigenvalue weighted by molar-refractivity contribution is 5.70. The van der Waals surface area contributed by atoms with Gasteiger partial charge in [0, 0.05) is 5.56 Å². The van der Waals surface area contributed by atoms with E-state index in [-0.39, 0.29) is 0 Å². The fourth-order valence-corrected chi connectivity index (χ4v) is 0.534. The lowest BCUT2D eigenvalue weighted by Gasteiger charge is -2.03. The van der Waals surface area contributed by atoms with Gasteiger partial charge in [0.2, 0.25) is 0 Å². The quantitative estimate of drug-likeness (QED) is 0.653. The Bertz CT molecular complexity index is 318. The molecule has 0 saturated heterocycles. The lowest BCUT2D eigenvalue weighted by Crippen LogP contribution is -2.37. The molecule has 0 aliphatic carbocycles. The number of carbonyl (C=O) groups excluding carboxylic acids is 1. The summed E-state index contributed by atoms with van der Waals surface area (Å²) in [5, 5.41) is 8.78. The Kier molecular flexibility index (Phi) is 4.56. The van der Waals surface area contributed by atoms with Crippen molar-refractivity contribution in [3.63, 3.8) is 0 Å². The Morgan fingerprint density at radius 3 is 2.20 bits per heavy atom. The highest BCUT2D eigenvalue weighted by atomic mass is 19.4. The van der Waals surface area contributed by atoms with Crippen LogP contribution in [0.3, 0.4) is 0 Å². The van der Waals surface area contributed by atoms with Gasteiger partial charge in [0.05, 0.1) is 6.20 Å². The molecule has 0 aromatic carbocycles. The first-order chi connectivity index (χ1) is 6.75. The summed E-state index contributed by atoms with van der Waals surface area (Å²) in [6.07, 6.45) is -3.39. The van der Waals surface area contributed by atoms with Crippen molar-refractivity contribution >= 4 is 11.8 Å². The van der Waals surface area contributed by atoms with Gasteiger partial charge in [0.1, 0.15) is 5.97 Å². The zero-order chi connectivity index (χ0) is 12.1. The van der Waals surface area contributed by atoms with Crippen LogP contribution in [-0.4, -0.2) is 12.1 Å². The molecule has 0 fully saturated rings. The van der Waals surface area contributed by atoms with Crippen molar-refractivity contribution in [3.05, 3.63) is 23.9 Å². The number of rotatable bonds is 0. The lowest BCUT2D eigenvalue weighted by atomic mass is 10.3. The van der Waals surface area contributed by atoms with Gasteiger partial charge in [-0.3, -0.25) is 5.73 Å². The van der Waals surface area contributed by atoms with Gasteiger partial charge in [-0.15, -0.1) is 0 Å². The molecule has 0 spiro atoms. The van der Waals surface area contributed by atoms with Crippen LogP contribution in [0.25, 0.3) is 0 Å². The van der Waals surface area contributed by atoms with Crippen molar-refractivity contribution in [1.82, 2.24) is 0 Å². The summed E-state index contributed by atoms with van der Waals surface area (Å²) in [4.78, 5) is 11.7. The van der Waals surface area contributed by atoms with E-state index in [1.54, 1.807) is 0 Å². The van der Waals surface area contributed by atoms with Crippen LogP contribution in [0.2, 0.25) is 0 Å². The summed E-state index contributed by atoms with van der Waals surface area (Å²) in [5.41, 5.74) is 6.55. The van der Waals surface area contributed by atoms with E-state index in [0.29, 0.717) is 0 Å². The van der Waals surface area contributed by atoms with Gasteiger partial charge < -0.3 is 9.90 Å². The Morgan fingerprint density at radius 2 is 2.00 bits per heavy atom. The number of pyridine rings is 1. The van der Waals surface area contributed by atoms with E-state index in [2.05, 4.69) is 4.98 Å². The maximum Gasteiger partial charge on any atom is 0.430 e. The van der Waals surface area contributed by atoms with Crippen LogP contribution >= 0.6 is 0 Å². The molecule has 0 unspecified atom stereocenters. The van der Waals surface area contributed by atoms with E-state index in [1.165, 1.54) is 0 Å². The highest BCUT2D eigenvalue weighted by Gasteiger charge is 2.28. The minimum atomic E-state index is -5.19. The lowest BCUT2D eigenvalue weighted by molar-refractivity contribution is -0.360. The molecule has 0 radical (unpaired) electrons. The van der Waals surface area contributed by atoms with E-state index in [1.807, 2.05) is 25.3 Å². The van der Waals surface area contributed by atoms with Crippen molar-refractivity contribution in [2.75, 3.05) is 5.73 Å². The first-order valence-corrected chi connectivity index (χ1v) is 3.76. The average molecular weight is 222 g/mol. The number of hydrogen-bond donors (Lipinski definition) is 1. The van der Waals surface area contributed by atoms with Crippen LogP contribution in [0.15, 0.2) is 18.3 Å². The first kappa shape index (κ1) is 13.2. The molecule has 0 bridgehead atoms. The molecule has 1 rings (SSSR count). The number of aromatic nitrogens is 1. The molecule has 0 aliphatic rings. The van der Waals surface area contributed by atoms with Crippen LogP contribution in [0.1, 0.15) is 5.56 Å². The third-order valence-electron chi connectivity index (χ3n) is 1.34. The van der Waals surface area contributed by atoms with Gasteiger partial charge in [0.25, 0.3) is 5.82 Å². The van der Waals surface area contributed by atoms with Crippen LogP contribution in [0.5, 0.6) is 0 Å². The number of nitrogens with two attached hydrogens (primary N) is 1. The maximum atomic E-state index is 10.5. The molecule has 7 heteroatoms. The van der Waals surface area contributed by atoms with E-state index in [4.69, 9.17) is 15.6 Å². The van der Waals surface area contributed by atoms with Crippen molar-refractivity contribution < 1.29 is 28.1 Å². The van der Waals surface area contributed by atoms with Gasteiger partial charge in [0.15, 0.2) is 0 Å². The summed E-state index contributed by atoms with van der Waals surface area (Å²) >= 11 is 0. The SMILES string of the molecule is Cc1ccc[nH+]c1N.O=C([O-])C(F)(F)F. The van der Waals surface area contributed by atoms with Crippen LogP contribution in [0, 0.1) is 6.92 Å². The zero-order valence-electron chi connectivity index (χ0n) is 7.76. The van der Waals surface area contributed by atoms with Gasteiger partial charge in [-0.25, -0.2) is 4.98 Å². The summed E-state index contributed by atoms with van der Waals surface area (Å²) in [7, 11) is 0. The summed E-state index contributed by atoms with van der Waals surface area (Å²) in [6, 6.07) is 3.89. The smallest absolute Gasteiger partial charge is 0.430 e. The number of carbonyl (C=O) groups is 1. The monoisotopic (exact) mass is 222 g/mol. The minimum absolute atomic E-state index is 0.743. The number of nitrogen functional groups attached to an aromatic ring is 1. The Hall–Kier alpha value is -1.79. The molecule has 0 amide bonds. The highest BCUT2D eigenvalue weighted by Crippen LogP contribution is 2.11. The van der Waals surface area contributed by atoms with E-state index in [0.717, 1.165) is 11.4 Å². The summed E-state index contributed by atoms with van der Waals surface area (Å²) in [5.74, 6) is -2.26. The second kappa shape index (κ2) is 5.18. The van der Waals surface area contributed by atoms with Gasteiger partial charge >= 0.3 is 6.18 Å². The molecule has 3 N–H and O–H groups in total. The number of aromatic amines is 1. The Labute approximate surface area is 83.5 Å². The number of H-pyrrole nitrogens is 1. The van der Waals surface area contributed by atoms with Gasteiger partial charge in [-0.1, -0.05) is 0 Å². The molecular weight excluding hydrogens is 213 g/mol. The van der Waals surface area contributed by atoms with Crippen molar-refractivity contribution in [2.24, 2.45) is 0 Å². The largest absolute Gasteiger partial charge is 0.542 e. The first-order valence-electron chi connectivity index (χ1n) is 3.76. The van der Waals surface area contributed by atoms with E-state index >= 15 is 0 Å². The minimum Gasteiger partial charge on any atom is -0.542 e. The molecule has 15 heavy (non-hydrogen) atoms.